The van der Waals surface area contributed by atoms with Crippen molar-refractivity contribution in [2.75, 3.05) is 26.4 Å². The molecule has 0 bridgehead atoms. The molecule has 34 heavy (non-hydrogen) atoms. The molecular formula is C24H31N9O. The van der Waals surface area contributed by atoms with Crippen molar-refractivity contribution in [2.45, 2.75) is 45.1 Å². The molecule has 2 N–H and O–H groups in total. The Kier molecular flexibility index (Phi) is 6.97. The molecule has 0 fully saturated rings. The van der Waals surface area contributed by atoms with Crippen LogP contribution in [0, 0.1) is 0 Å². The van der Waals surface area contributed by atoms with Crippen LogP contribution in [0.5, 0.6) is 0 Å². The van der Waals surface area contributed by atoms with E-state index in [-0.39, 0.29) is 5.95 Å². The van der Waals surface area contributed by atoms with E-state index >= 15 is 0 Å². The third-order valence-electron chi connectivity index (χ3n) is 5.97. The highest BCUT2D eigenvalue weighted by atomic mass is 16.5. The van der Waals surface area contributed by atoms with Gasteiger partial charge in [0.05, 0.1) is 29.4 Å². The smallest absolute Gasteiger partial charge is 0.261 e. The van der Waals surface area contributed by atoms with Gasteiger partial charge in [-0.3, -0.25) is 9.67 Å². The van der Waals surface area contributed by atoms with Gasteiger partial charge in [0.2, 0.25) is 5.95 Å². The second-order valence-electron chi connectivity index (χ2n) is 8.92. The van der Waals surface area contributed by atoms with Crippen LogP contribution in [0.1, 0.15) is 44.5 Å². The van der Waals surface area contributed by atoms with Gasteiger partial charge in [0.25, 0.3) is 5.89 Å². The minimum Gasteiger partial charge on any atom is -0.368 e. The van der Waals surface area contributed by atoms with E-state index < -0.39 is 5.41 Å². The van der Waals surface area contributed by atoms with Crippen LogP contribution in [0.4, 0.5) is 5.95 Å². The Hall–Kier alpha value is -3.66. The van der Waals surface area contributed by atoms with Crippen molar-refractivity contribution in [2.24, 2.45) is 0 Å². The number of hydrogen-bond acceptors (Lipinski definition) is 9. The minimum absolute atomic E-state index is 0.240. The average molecular weight is 462 g/mol. The summed E-state index contributed by atoms with van der Waals surface area (Å²) in [5.74, 6) is 1.35. The number of likely N-dealkylation sites (N-methyl/N-ethyl adjacent to an activating group) is 1. The lowest BCUT2D eigenvalue weighted by Crippen LogP contribution is -2.25. The number of nitrogen functional groups attached to an aromatic ring is 1. The molecule has 0 saturated heterocycles. The summed E-state index contributed by atoms with van der Waals surface area (Å²) in [6, 6.07) is 4.02. The monoisotopic (exact) mass is 461 g/mol. The van der Waals surface area contributed by atoms with Crippen LogP contribution in [0.3, 0.4) is 0 Å². The molecule has 0 saturated carbocycles. The molecule has 10 heteroatoms. The molecule has 4 rings (SSSR count). The molecule has 0 aliphatic carbocycles. The highest BCUT2D eigenvalue weighted by Gasteiger charge is 2.34. The van der Waals surface area contributed by atoms with Crippen molar-refractivity contribution in [1.29, 1.82) is 0 Å². The Balaban J connectivity index is 1.60. The van der Waals surface area contributed by atoms with E-state index in [1.165, 1.54) is 0 Å². The van der Waals surface area contributed by atoms with Crippen molar-refractivity contribution in [1.82, 2.24) is 39.8 Å². The van der Waals surface area contributed by atoms with Gasteiger partial charge in [0.15, 0.2) is 5.82 Å². The lowest BCUT2D eigenvalue weighted by molar-refractivity contribution is 0.373. The quantitative estimate of drug-likeness (QED) is 0.378. The third kappa shape index (κ3) is 5.12. The zero-order valence-electron chi connectivity index (χ0n) is 20.1. The van der Waals surface area contributed by atoms with Crippen LogP contribution < -0.4 is 5.73 Å². The molecule has 0 radical (unpaired) electrons. The van der Waals surface area contributed by atoms with Crippen LogP contribution in [0.15, 0.2) is 47.6 Å². The molecule has 0 aliphatic rings. The van der Waals surface area contributed by atoms with Gasteiger partial charge >= 0.3 is 0 Å². The summed E-state index contributed by atoms with van der Waals surface area (Å²) in [5, 5.41) is 8.80. The van der Waals surface area contributed by atoms with Crippen molar-refractivity contribution < 1.29 is 4.52 Å². The maximum atomic E-state index is 5.67. The number of rotatable bonds is 10. The molecule has 0 aromatic carbocycles. The SMILES string of the molecule is CCCC[C@](C)(c1ccc(-c2cnc(N)nc2)nc1)c1noc(-c2cnn(CCN(C)C)c2)n1. The Bertz CT molecular complexity index is 1200. The van der Waals surface area contributed by atoms with Gasteiger partial charge in [0, 0.05) is 36.9 Å². The van der Waals surface area contributed by atoms with Crippen molar-refractivity contribution in [3.8, 4) is 22.7 Å². The van der Waals surface area contributed by atoms with Crippen LogP contribution in [0.25, 0.3) is 22.7 Å². The first kappa shape index (κ1) is 23.5. The number of unbranched alkanes of at least 4 members (excludes halogenated alkanes) is 1. The molecule has 0 unspecified atom stereocenters. The van der Waals surface area contributed by atoms with Crippen LogP contribution in [-0.2, 0) is 12.0 Å². The largest absolute Gasteiger partial charge is 0.368 e. The van der Waals surface area contributed by atoms with Crippen LogP contribution >= 0.6 is 0 Å². The summed E-state index contributed by atoms with van der Waals surface area (Å²) < 4.78 is 7.56. The zero-order chi connectivity index (χ0) is 24.1. The number of hydrogen-bond donors (Lipinski definition) is 1. The number of anilines is 1. The molecule has 0 spiro atoms. The second-order valence-corrected chi connectivity index (χ2v) is 8.92. The predicted molar refractivity (Wildman–Crippen MR) is 130 cm³/mol. The maximum Gasteiger partial charge on any atom is 0.261 e. The highest BCUT2D eigenvalue weighted by Crippen LogP contribution is 2.36. The molecule has 0 amide bonds. The van der Waals surface area contributed by atoms with Crippen LogP contribution in [0.2, 0.25) is 0 Å². The molecule has 4 aromatic heterocycles. The van der Waals surface area contributed by atoms with Gasteiger partial charge in [-0.05, 0) is 39.1 Å². The number of aromatic nitrogens is 7. The van der Waals surface area contributed by atoms with Gasteiger partial charge < -0.3 is 15.2 Å². The van der Waals surface area contributed by atoms with Gasteiger partial charge in [0.1, 0.15) is 0 Å². The molecule has 10 nitrogen and oxygen atoms in total. The van der Waals surface area contributed by atoms with Crippen molar-refractivity contribution >= 4 is 5.95 Å². The summed E-state index contributed by atoms with van der Waals surface area (Å²) >= 11 is 0. The zero-order valence-corrected chi connectivity index (χ0v) is 20.1. The number of nitrogens with zero attached hydrogens (tertiary/aromatic N) is 8. The molecule has 1 atom stereocenters. The standard InChI is InChI=1S/C24H31N9O/c1-5-6-9-24(2,19-7-8-20(26-15-19)17-12-27-23(25)28-13-17)22-30-21(34-31-22)18-14-29-33(16-18)11-10-32(3)4/h7-8,12-16H,5-6,9-11H2,1-4H3,(H2,25,27,28)/t24-/m1/s1. The average Bonchev–Trinajstić information content (AvgIpc) is 3.52. The fourth-order valence-corrected chi connectivity index (χ4v) is 3.74. The van der Waals surface area contributed by atoms with Crippen molar-refractivity contribution in [3.63, 3.8) is 0 Å². The third-order valence-corrected chi connectivity index (χ3v) is 5.97. The minimum atomic E-state index is -0.443. The summed E-state index contributed by atoms with van der Waals surface area (Å²) in [7, 11) is 4.08. The van der Waals surface area contributed by atoms with E-state index in [2.05, 4.69) is 50.0 Å². The topological polar surface area (TPSA) is 125 Å². The maximum absolute atomic E-state index is 5.67. The van der Waals surface area contributed by atoms with Gasteiger partial charge in [-0.25, -0.2) is 9.97 Å². The normalized spacial score (nSPS) is 13.3. The van der Waals surface area contributed by atoms with E-state index in [1.807, 2.05) is 37.2 Å². The molecular weight excluding hydrogens is 430 g/mol. The molecule has 4 aromatic rings. The van der Waals surface area contributed by atoms with E-state index in [0.29, 0.717) is 11.7 Å². The summed E-state index contributed by atoms with van der Waals surface area (Å²) in [6.07, 6.45) is 11.9. The predicted octanol–water partition coefficient (Wildman–Crippen LogP) is 3.43. The first-order valence-electron chi connectivity index (χ1n) is 11.4. The number of nitrogens with two attached hydrogens (primary N) is 1. The first-order chi connectivity index (χ1) is 16.4. The van der Waals surface area contributed by atoms with E-state index in [1.54, 1.807) is 18.6 Å². The molecule has 178 valence electrons. The first-order valence-corrected chi connectivity index (χ1v) is 11.4. The van der Waals surface area contributed by atoms with Gasteiger partial charge in [-0.1, -0.05) is 31.0 Å². The van der Waals surface area contributed by atoms with Crippen LogP contribution in [-0.4, -0.2) is 60.4 Å². The molecule has 4 heterocycles. The second kappa shape index (κ2) is 10.1. The van der Waals surface area contributed by atoms with E-state index in [0.717, 1.165) is 54.7 Å². The van der Waals surface area contributed by atoms with Gasteiger partial charge in [-0.2, -0.15) is 10.1 Å². The van der Waals surface area contributed by atoms with Crippen molar-refractivity contribution in [3.05, 3.63) is 54.5 Å². The Labute approximate surface area is 199 Å². The summed E-state index contributed by atoms with van der Waals surface area (Å²) in [4.78, 5) is 19.7. The lowest BCUT2D eigenvalue weighted by atomic mass is 9.78. The molecule has 0 aliphatic heterocycles. The van der Waals surface area contributed by atoms with Gasteiger partial charge in [-0.15, -0.1) is 0 Å². The fraction of sp³-hybridized carbons (Fsp3) is 0.417. The lowest BCUT2D eigenvalue weighted by Gasteiger charge is -2.26. The summed E-state index contributed by atoms with van der Waals surface area (Å²) in [6.45, 7) is 6.00. The Morgan fingerprint density at radius 3 is 2.53 bits per heavy atom. The summed E-state index contributed by atoms with van der Waals surface area (Å²) in [5.41, 5.74) is 8.58. The highest BCUT2D eigenvalue weighted by molar-refractivity contribution is 5.57. The number of pyridine rings is 1. The van der Waals surface area contributed by atoms with E-state index in [9.17, 15) is 0 Å². The Morgan fingerprint density at radius 2 is 1.85 bits per heavy atom. The Morgan fingerprint density at radius 1 is 1.06 bits per heavy atom. The fourth-order valence-electron chi connectivity index (χ4n) is 3.74. The van der Waals surface area contributed by atoms with E-state index in [4.69, 9.17) is 15.2 Å².